The molecule has 1 aliphatic heterocycles. The van der Waals surface area contributed by atoms with E-state index >= 15 is 0 Å². The number of benzene rings is 2. The van der Waals surface area contributed by atoms with E-state index in [1.165, 1.54) is 0 Å². The van der Waals surface area contributed by atoms with Crippen molar-refractivity contribution in [1.29, 1.82) is 0 Å². The van der Waals surface area contributed by atoms with E-state index in [-0.39, 0.29) is 11.3 Å². The highest BCUT2D eigenvalue weighted by atomic mass is 16.5. The molecule has 1 saturated heterocycles. The summed E-state index contributed by atoms with van der Waals surface area (Å²) in [4.78, 5) is 21.7. The second-order valence-electron chi connectivity index (χ2n) is 10.1. The molecule has 4 rings (SSSR count). The molecule has 0 saturated carbocycles. The van der Waals surface area contributed by atoms with E-state index < -0.39 is 0 Å². The molecule has 174 valence electrons. The van der Waals surface area contributed by atoms with Crippen molar-refractivity contribution < 1.29 is 9.53 Å². The molecule has 1 fully saturated rings. The van der Waals surface area contributed by atoms with E-state index in [1.54, 1.807) is 4.90 Å². The van der Waals surface area contributed by atoms with Gasteiger partial charge in [0.25, 0.3) is 0 Å². The molecule has 6 nitrogen and oxygen atoms in total. The van der Waals surface area contributed by atoms with Crippen LogP contribution in [0.25, 0.3) is 22.0 Å². The number of amides is 1. The SMILES string of the molecule is Cc1cccc(N(C)C(=O)CC(C)(C)C)c1-c1ccc2nc(N)c(N3CCOCC3)cc2c1. The van der Waals surface area contributed by atoms with Gasteiger partial charge < -0.3 is 20.3 Å². The van der Waals surface area contributed by atoms with Crippen LogP contribution in [0.4, 0.5) is 17.2 Å². The van der Waals surface area contributed by atoms with Crippen molar-refractivity contribution in [3.8, 4) is 11.1 Å². The summed E-state index contributed by atoms with van der Waals surface area (Å²) in [7, 11) is 1.87. The average molecular weight is 447 g/mol. The molecule has 0 unspecified atom stereocenters. The molecule has 0 spiro atoms. The maximum atomic E-state index is 13.0. The third-order valence-corrected chi connectivity index (χ3v) is 6.13. The number of nitrogens with zero attached hydrogens (tertiary/aromatic N) is 3. The van der Waals surface area contributed by atoms with E-state index in [1.807, 2.05) is 25.2 Å². The quantitative estimate of drug-likeness (QED) is 0.609. The maximum absolute atomic E-state index is 13.0. The Labute approximate surface area is 196 Å². The summed E-state index contributed by atoms with van der Waals surface area (Å²) in [5.74, 6) is 0.653. The van der Waals surface area contributed by atoms with Crippen LogP contribution in [0, 0.1) is 12.3 Å². The molecule has 1 aromatic heterocycles. The molecule has 3 aromatic rings. The van der Waals surface area contributed by atoms with Crippen molar-refractivity contribution in [1.82, 2.24) is 4.98 Å². The number of pyridine rings is 1. The summed E-state index contributed by atoms with van der Waals surface area (Å²) in [6.07, 6.45) is 0.487. The normalized spacial score (nSPS) is 14.5. The monoisotopic (exact) mass is 446 g/mol. The predicted molar refractivity (Wildman–Crippen MR) is 137 cm³/mol. The smallest absolute Gasteiger partial charge is 0.227 e. The lowest BCUT2D eigenvalue weighted by Gasteiger charge is -2.29. The Balaban J connectivity index is 1.77. The zero-order valence-corrected chi connectivity index (χ0v) is 20.3. The Morgan fingerprint density at radius 3 is 2.58 bits per heavy atom. The molecule has 33 heavy (non-hydrogen) atoms. The van der Waals surface area contributed by atoms with Gasteiger partial charge in [-0.15, -0.1) is 0 Å². The first-order valence-electron chi connectivity index (χ1n) is 11.5. The van der Waals surface area contributed by atoms with Crippen molar-refractivity contribution in [2.24, 2.45) is 5.41 Å². The van der Waals surface area contributed by atoms with Gasteiger partial charge in [0.2, 0.25) is 5.91 Å². The largest absolute Gasteiger partial charge is 0.382 e. The number of carbonyl (C=O) groups is 1. The number of morpholine rings is 1. The lowest BCUT2D eigenvalue weighted by molar-refractivity contribution is -0.120. The van der Waals surface area contributed by atoms with Crippen LogP contribution in [0.2, 0.25) is 0 Å². The molecule has 1 aliphatic rings. The van der Waals surface area contributed by atoms with Gasteiger partial charge in [0.15, 0.2) is 0 Å². The number of rotatable bonds is 4. The number of aryl methyl sites for hydroxylation is 1. The van der Waals surface area contributed by atoms with Crippen molar-refractivity contribution in [3.05, 3.63) is 48.0 Å². The zero-order valence-electron chi connectivity index (χ0n) is 20.3. The van der Waals surface area contributed by atoms with Gasteiger partial charge in [-0.2, -0.15) is 0 Å². The fraction of sp³-hybridized carbons (Fsp3) is 0.407. The summed E-state index contributed by atoms with van der Waals surface area (Å²) < 4.78 is 5.49. The summed E-state index contributed by atoms with van der Waals surface area (Å²) in [5, 5.41) is 1.03. The second kappa shape index (κ2) is 9.02. The van der Waals surface area contributed by atoms with Crippen molar-refractivity contribution in [3.63, 3.8) is 0 Å². The number of fused-ring (bicyclic) bond motifs is 1. The first-order chi connectivity index (χ1) is 15.6. The van der Waals surface area contributed by atoms with Crippen LogP contribution >= 0.6 is 0 Å². The fourth-order valence-electron chi connectivity index (χ4n) is 4.41. The van der Waals surface area contributed by atoms with Crippen LogP contribution in [0.3, 0.4) is 0 Å². The van der Waals surface area contributed by atoms with Crippen LogP contribution < -0.4 is 15.5 Å². The van der Waals surface area contributed by atoms with Gasteiger partial charge in [0, 0.05) is 37.5 Å². The van der Waals surface area contributed by atoms with Crippen molar-refractivity contribution >= 4 is 34.0 Å². The van der Waals surface area contributed by atoms with E-state index in [2.05, 4.69) is 61.8 Å². The van der Waals surface area contributed by atoms with Gasteiger partial charge in [-0.25, -0.2) is 4.98 Å². The predicted octanol–water partition coefficient (Wildman–Crippen LogP) is 5.03. The lowest BCUT2D eigenvalue weighted by atomic mass is 9.91. The number of anilines is 3. The van der Waals surface area contributed by atoms with E-state index in [0.29, 0.717) is 25.5 Å². The molecular formula is C27H34N4O2. The highest BCUT2D eigenvalue weighted by Gasteiger charge is 2.23. The molecule has 0 bridgehead atoms. The van der Waals surface area contributed by atoms with E-state index in [9.17, 15) is 4.79 Å². The number of hydrogen-bond acceptors (Lipinski definition) is 5. The van der Waals surface area contributed by atoms with Crippen LogP contribution in [0.5, 0.6) is 0 Å². The van der Waals surface area contributed by atoms with Crippen LogP contribution in [-0.4, -0.2) is 44.2 Å². The van der Waals surface area contributed by atoms with Gasteiger partial charge >= 0.3 is 0 Å². The van der Waals surface area contributed by atoms with Gasteiger partial charge in [-0.3, -0.25) is 4.79 Å². The van der Waals surface area contributed by atoms with E-state index in [4.69, 9.17) is 10.5 Å². The average Bonchev–Trinajstić information content (AvgIpc) is 2.77. The Morgan fingerprint density at radius 1 is 1.15 bits per heavy atom. The molecule has 0 radical (unpaired) electrons. The van der Waals surface area contributed by atoms with Gasteiger partial charge in [-0.1, -0.05) is 39.0 Å². The standard InChI is InChI=1S/C27H34N4O2/c1-18-7-6-8-22(30(5)24(32)17-27(2,3)4)25(18)19-9-10-21-20(15-19)16-23(26(28)29-21)31-11-13-33-14-12-31/h6-10,15-16H,11-14,17H2,1-5H3,(H2,28,29). The van der Waals surface area contributed by atoms with Crippen molar-refractivity contribution in [2.75, 3.05) is 48.9 Å². The highest BCUT2D eigenvalue weighted by molar-refractivity contribution is 5.99. The Hall–Kier alpha value is -3.12. The summed E-state index contributed by atoms with van der Waals surface area (Å²) in [5.41, 5.74) is 12.2. The minimum Gasteiger partial charge on any atom is -0.382 e. The second-order valence-corrected chi connectivity index (χ2v) is 10.1. The molecule has 2 aromatic carbocycles. The molecule has 2 N–H and O–H groups in total. The molecule has 0 aliphatic carbocycles. The molecule has 2 heterocycles. The van der Waals surface area contributed by atoms with Crippen LogP contribution in [0.15, 0.2) is 42.5 Å². The Bertz CT molecular complexity index is 1180. The minimum absolute atomic E-state index is 0.0697. The van der Waals surface area contributed by atoms with Crippen LogP contribution in [0.1, 0.15) is 32.8 Å². The number of carbonyl (C=O) groups excluding carboxylic acids is 1. The fourth-order valence-corrected chi connectivity index (χ4v) is 4.41. The van der Waals surface area contributed by atoms with Crippen LogP contribution in [-0.2, 0) is 9.53 Å². The molecule has 1 amide bonds. The third-order valence-electron chi connectivity index (χ3n) is 6.13. The zero-order chi connectivity index (χ0) is 23.8. The van der Waals surface area contributed by atoms with Crippen molar-refractivity contribution in [2.45, 2.75) is 34.1 Å². The lowest BCUT2D eigenvalue weighted by Crippen LogP contribution is -2.36. The first-order valence-corrected chi connectivity index (χ1v) is 11.5. The number of hydrogen-bond donors (Lipinski definition) is 1. The maximum Gasteiger partial charge on any atom is 0.227 e. The van der Waals surface area contributed by atoms with Gasteiger partial charge in [0.05, 0.1) is 30.1 Å². The number of ether oxygens (including phenoxy) is 1. The third kappa shape index (κ3) is 4.96. The summed E-state index contributed by atoms with van der Waals surface area (Å²) in [6, 6.07) is 14.5. The number of nitrogen functional groups attached to an aromatic ring is 1. The molecule has 0 atom stereocenters. The topological polar surface area (TPSA) is 71.7 Å². The summed E-state index contributed by atoms with van der Waals surface area (Å²) >= 11 is 0. The summed E-state index contributed by atoms with van der Waals surface area (Å²) in [6.45, 7) is 11.3. The van der Waals surface area contributed by atoms with E-state index in [0.717, 1.165) is 52.1 Å². The minimum atomic E-state index is -0.0697. The first kappa shape index (κ1) is 23.1. The van der Waals surface area contributed by atoms with Gasteiger partial charge in [0.1, 0.15) is 5.82 Å². The molecule has 6 heteroatoms. The molecular weight excluding hydrogens is 412 g/mol. The number of nitrogens with two attached hydrogens (primary N) is 1. The van der Waals surface area contributed by atoms with Gasteiger partial charge in [-0.05, 0) is 47.7 Å². The Morgan fingerprint density at radius 2 is 1.88 bits per heavy atom. The number of aromatic nitrogens is 1. The Kier molecular flexibility index (Phi) is 6.30. The highest BCUT2D eigenvalue weighted by Crippen LogP contribution is 2.37.